The molecule has 4 heteroatoms. The van der Waals surface area contributed by atoms with E-state index in [-0.39, 0.29) is 11.9 Å². The fourth-order valence-corrected chi connectivity index (χ4v) is 3.81. The molecule has 0 aromatic carbocycles. The molecule has 0 bridgehead atoms. The number of esters is 2. The summed E-state index contributed by atoms with van der Waals surface area (Å²) in [5.41, 5.74) is 0. The van der Waals surface area contributed by atoms with Gasteiger partial charge in [-0.1, -0.05) is 100 Å². The summed E-state index contributed by atoms with van der Waals surface area (Å²) in [5.74, 6) is -0.269. The van der Waals surface area contributed by atoms with Crippen molar-refractivity contribution in [1.29, 1.82) is 0 Å². The van der Waals surface area contributed by atoms with Gasteiger partial charge in [0.15, 0.2) is 0 Å². The summed E-state index contributed by atoms with van der Waals surface area (Å²) in [5, 5.41) is 1.04. The molecule has 0 unspecified atom stereocenters. The minimum absolute atomic E-state index is 0.310. The highest BCUT2D eigenvalue weighted by atomic mass is 79.9. The third-order valence-corrected chi connectivity index (χ3v) is 5.69. The number of carbonyl (C=O) groups excluding carboxylic acids is 2. The minimum Gasteiger partial charge on any atom is -0.393 e. The first-order valence-electron chi connectivity index (χ1n) is 11.4. The second-order valence-electron chi connectivity index (χ2n) is 7.82. The van der Waals surface area contributed by atoms with Crippen LogP contribution in [0.25, 0.3) is 0 Å². The summed E-state index contributed by atoms with van der Waals surface area (Å²) in [6.07, 6.45) is 18.2. The molecule has 0 radical (unpaired) electrons. The maximum atomic E-state index is 12.2. The Balaban J connectivity index is 4.05. The van der Waals surface area contributed by atoms with E-state index in [1.165, 1.54) is 64.2 Å². The maximum Gasteiger partial charge on any atom is 0.313 e. The van der Waals surface area contributed by atoms with E-state index in [9.17, 15) is 9.59 Å². The highest BCUT2D eigenvalue weighted by Gasteiger charge is 2.17. The lowest BCUT2D eigenvalue weighted by Gasteiger charge is -2.16. The fraction of sp³-hybridized carbons (Fsp3) is 0.913. The topological polar surface area (TPSA) is 43.4 Å². The molecule has 27 heavy (non-hydrogen) atoms. The fourth-order valence-electron chi connectivity index (χ4n) is 3.42. The molecule has 0 saturated carbocycles. The van der Waals surface area contributed by atoms with Crippen molar-refractivity contribution in [1.82, 2.24) is 0 Å². The van der Waals surface area contributed by atoms with E-state index >= 15 is 0 Å². The second-order valence-corrected chi connectivity index (χ2v) is 8.61. The van der Waals surface area contributed by atoms with Gasteiger partial charge in [-0.3, -0.25) is 9.59 Å². The van der Waals surface area contributed by atoms with Crippen molar-refractivity contribution in [2.75, 3.05) is 5.33 Å². The number of alkyl halides is 1. The molecule has 0 rings (SSSR count). The van der Waals surface area contributed by atoms with Crippen LogP contribution in [0.1, 0.15) is 123 Å². The van der Waals surface area contributed by atoms with Crippen LogP contribution in [-0.4, -0.2) is 17.3 Å². The molecule has 0 N–H and O–H groups in total. The highest BCUT2D eigenvalue weighted by Crippen LogP contribution is 2.22. The predicted molar refractivity (Wildman–Crippen MR) is 118 cm³/mol. The molecule has 3 nitrogen and oxygen atoms in total. The maximum absolute atomic E-state index is 12.2. The molecule has 160 valence electrons. The smallest absolute Gasteiger partial charge is 0.313 e. The van der Waals surface area contributed by atoms with Crippen LogP contribution >= 0.6 is 15.9 Å². The lowest BCUT2D eigenvalue weighted by atomic mass is 9.92. The second kappa shape index (κ2) is 20.4. The lowest BCUT2D eigenvalue weighted by Crippen LogP contribution is -2.16. The van der Waals surface area contributed by atoms with Crippen LogP contribution in [0, 0.1) is 5.92 Å². The van der Waals surface area contributed by atoms with E-state index in [0.29, 0.717) is 18.8 Å². The van der Waals surface area contributed by atoms with Crippen molar-refractivity contribution >= 4 is 27.9 Å². The van der Waals surface area contributed by atoms with Gasteiger partial charge in [0.2, 0.25) is 0 Å². The molecule has 0 aromatic heterocycles. The first kappa shape index (κ1) is 26.6. The summed E-state index contributed by atoms with van der Waals surface area (Å²) < 4.78 is 5.08. The number of hydrogen-bond acceptors (Lipinski definition) is 3. The van der Waals surface area contributed by atoms with Crippen molar-refractivity contribution in [3.8, 4) is 0 Å². The number of ether oxygens (including phenoxy) is 1. The van der Waals surface area contributed by atoms with Gasteiger partial charge in [-0.25, -0.2) is 0 Å². The van der Waals surface area contributed by atoms with Crippen molar-refractivity contribution < 1.29 is 14.3 Å². The Morgan fingerprint density at radius 3 is 1.78 bits per heavy atom. The summed E-state index contributed by atoms with van der Waals surface area (Å²) >= 11 is 3.42. The van der Waals surface area contributed by atoms with Gasteiger partial charge in [0.05, 0.1) is 0 Å². The van der Waals surface area contributed by atoms with Crippen LogP contribution in [0.3, 0.4) is 0 Å². The zero-order valence-corrected chi connectivity index (χ0v) is 19.5. The predicted octanol–water partition coefficient (Wildman–Crippen LogP) is 7.74. The van der Waals surface area contributed by atoms with Gasteiger partial charge in [0, 0.05) is 18.2 Å². The number of unbranched alkanes of at least 4 members (excludes halogenated alkanes) is 10. The van der Waals surface area contributed by atoms with Gasteiger partial charge in [0.25, 0.3) is 0 Å². The Kier molecular flexibility index (Phi) is 20.1. The molecular formula is C23H43BrO3. The first-order chi connectivity index (χ1) is 13.1. The molecule has 0 aliphatic heterocycles. The molecule has 0 atom stereocenters. The molecule has 0 amide bonds. The zero-order chi connectivity index (χ0) is 20.2. The SMILES string of the molecule is CCCCCCC(CCCCCC)CC(=O)OC(=O)CCCCCCCBr. The van der Waals surface area contributed by atoms with Gasteiger partial charge in [-0.2, -0.15) is 0 Å². The monoisotopic (exact) mass is 446 g/mol. The molecule has 0 aromatic rings. The normalized spacial score (nSPS) is 11.1. The Hall–Kier alpha value is -0.380. The van der Waals surface area contributed by atoms with Crippen LogP contribution in [0.2, 0.25) is 0 Å². The first-order valence-corrected chi connectivity index (χ1v) is 12.6. The molecule has 0 aliphatic rings. The lowest BCUT2D eigenvalue weighted by molar-refractivity contribution is -0.160. The Morgan fingerprint density at radius 2 is 1.22 bits per heavy atom. The highest BCUT2D eigenvalue weighted by molar-refractivity contribution is 9.09. The van der Waals surface area contributed by atoms with Crippen molar-refractivity contribution in [2.45, 2.75) is 123 Å². The average Bonchev–Trinajstić information content (AvgIpc) is 2.64. The Morgan fingerprint density at radius 1 is 0.704 bits per heavy atom. The van der Waals surface area contributed by atoms with Crippen molar-refractivity contribution in [2.24, 2.45) is 5.92 Å². The quantitative estimate of drug-likeness (QED) is 0.0880. The van der Waals surface area contributed by atoms with Crippen molar-refractivity contribution in [3.63, 3.8) is 0 Å². The molecule has 0 aliphatic carbocycles. The molecule has 0 saturated heterocycles. The standard InChI is InChI=1S/C23H43BrO3/c1-3-5-7-12-16-21(17-13-8-6-4-2)20-23(26)27-22(25)18-14-10-9-11-15-19-24/h21H,3-20H2,1-2H3. The van der Waals surface area contributed by atoms with Crippen LogP contribution in [0.15, 0.2) is 0 Å². The van der Waals surface area contributed by atoms with E-state index in [2.05, 4.69) is 29.8 Å². The summed E-state index contributed by atoms with van der Waals surface area (Å²) in [7, 11) is 0. The zero-order valence-electron chi connectivity index (χ0n) is 17.9. The number of hydrogen-bond donors (Lipinski definition) is 0. The molecule has 0 heterocycles. The summed E-state index contributed by atoms with van der Waals surface area (Å²) in [4.78, 5) is 24.0. The van der Waals surface area contributed by atoms with Gasteiger partial charge in [-0.05, 0) is 31.6 Å². The average molecular weight is 447 g/mol. The summed E-state index contributed by atoms with van der Waals surface area (Å²) in [6.45, 7) is 4.43. The van der Waals surface area contributed by atoms with Gasteiger partial charge in [0.1, 0.15) is 0 Å². The third-order valence-electron chi connectivity index (χ3n) is 5.13. The molecule has 0 spiro atoms. The van der Waals surface area contributed by atoms with Crippen LogP contribution in [0.5, 0.6) is 0 Å². The van der Waals surface area contributed by atoms with E-state index in [1.807, 2.05) is 0 Å². The summed E-state index contributed by atoms with van der Waals surface area (Å²) in [6, 6.07) is 0. The van der Waals surface area contributed by atoms with E-state index in [0.717, 1.165) is 37.4 Å². The van der Waals surface area contributed by atoms with E-state index in [4.69, 9.17) is 4.74 Å². The van der Waals surface area contributed by atoms with Crippen LogP contribution in [-0.2, 0) is 14.3 Å². The number of halogens is 1. The van der Waals surface area contributed by atoms with Crippen molar-refractivity contribution in [3.05, 3.63) is 0 Å². The van der Waals surface area contributed by atoms with Gasteiger partial charge in [-0.15, -0.1) is 0 Å². The van der Waals surface area contributed by atoms with Gasteiger partial charge < -0.3 is 4.74 Å². The Labute approximate surface area is 176 Å². The third kappa shape index (κ3) is 18.7. The number of rotatable bonds is 19. The molecule has 0 fully saturated rings. The largest absolute Gasteiger partial charge is 0.393 e. The number of carbonyl (C=O) groups is 2. The van der Waals surface area contributed by atoms with Gasteiger partial charge >= 0.3 is 11.9 Å². The van der Waals surface area contributed by atoms with E-state index < -0.39 is 0 Å². The van der Waals surface area contributed by atoms with E-state index in [1.54, 1.807) is 0 Å². The molecular weight excluding hydrogens is 404 g/mol. The van der Waals surface area contributed by atoms with Crippen LogP contribution in [0.4, 0.5) is 0 Å². The Bertz CT molecular complexity index is 346. The van der Waals surface area contributed by atoms with Crippen LogP contribution < -0.4 is 0 Å². The minimum atomic E-state index is -0.337.